The molecular formula is C20H32O3. The molecule has 0 radical (unpaired) electrons. The van der Waals surface area contributed by atoms with Gasteiger partial charge in [-0.25, -0.2) is 0 Å². The Morgan fingerprint density at radius 3 is 2.57 bits per heavy atom. The van der Waals surface area contributed by atoms with Gasteiger partial charge < -0.3 is 14.6 Å². The van der Waals surface area contributed by atoms with E-state index < -0.39 is 0 Å². The van der Waals surface area contributed by atoms with E-state index in [0.717, 1.165) is 19.3 Å². The predicted octanol–water partition coefficient (Wildman–Crippen LogP) is 4.05. The number of hydrogen-bond donors (Lipinski definition) is 1. The van der Waals surface area contributed by atoms with Crippen molar-refractivity contribution in [3.63, 3.8) is 0 Å². The molecule has 23 heavy (non-hydrogen) atoms. The van der Waals surface area contributed by atoms with E-state index >= 15 is 0 Å². The van der Waals surface area contributed by atoms with Crippen LogP contribution in [0.1, 0.15) is 66.2 Å². The van der Waals surface area contributed by atoms with Crippen molar-refractivity contribution in [3.8, 4) is 0 Å². The quantitative estimate of drug-likeness (QED) is 0.732. The smallest absolute Gasteiger partial charge is 0.124 e. The van der Waals surface area contributed by atoms with Crippen LogP contribution in [0.15, 0.2) is 12.3 Å². The van der Waals surface area contributed by atoms with Crippen LogP contribution >= 0.6 is 0 Å². The van der Waals surface area contributed by atoms with Gasteiger partial charge in [0, 0.05) is 5.41 Å². The summed E-state index contributed by atoms with van der Waals surface area (Å²) in [6.07, 6.45) is 10.4. The van der Waals surface area contributed by atoms with Crippen molar-refractivity contribution in [2.75, 3.05) is 6.61 Å². The minimum atomic E-state index is -0.217. The topological polar surface area (TPSA) is 38.7 Å². The molecule has 0 unspecified atom stereocenters. The van der Waals surface area contributed by atoms with Crippen molar-refractivity contribution in [2.45, 2.75) is 83.5 Å². The number of ether oxygens (including phenoxy) is 2. The van der Waals surface area contributed by atoms with E-state index in [1.807, 2.05) is 6.26 Å². The molecule has 3 fully saturated rings. The van der Waals surface area contributed by atoms with Gasteiger partial charge in [-0.3, -0.25) is 0 Å². The maximum Gasteiger partial charge on any atom is 0.124 e. The zero-order chi connectivity index (χ0) is 16.5. The van der Waals surface area contributed by atoms with E-state index in [1.165, 1.54) is 19.3 Å². The maximum absolute atomic E-state index is 11.0. The highest BCUT2D eigenvalue weighted by Gasteiger charge is 2.69. The average molecular weight is 320 g/mol. The Kier molecular flexibility index (Phi) is 3.30. The highest BCUT2D eigenvalue weighted by molar-refractivity contribution is 5.21. The summed E-state index contributed by atoms with van der Waals surface area (Å²) >= 11 is 0. The van der Waals surface area contributed by atoms with Crippen molar-refractivity contribution in [2.24, 2.45) is 22.7 Å². The monoisotopic (exact) mass is 320 g/mol. The van der Waals surface area contributed by atoms with Crippen molar-refractivity contribution in [1.82, 2.24) is 0 Å². The molecule has 0 aromatic rings. The lowest BCUT2D eigenvalue weighted by molar-refractivity contribution is -0.265. The first-order valence-corrected chi connectivity index (χ1v) is 9.42. The standard InChI is InChI=1S/C20H32O3/c1-14-12-15(21)16-17(2,3)6-5-7-18(16,4)20(14)9-8-19(23-20)10-11-22-13-19/h10-11,14-16,21H,5-9,12-13H2,1-4H3/t14-,15-,16+,18+,19-,20-/m1/s1. The van der Waals surface area contributed by atoms with Gasteiger partial charge in [-0.1, -0.05) is 34.1 Å². The lowest BCUT2D eigenvalue weighted by atomic mass is 9.43. The zero-order valence-electron chi connectivity index (χ0n) is 15.1. The molecule has 0 aromatic heterocycles. The summed E-state index contributed by atoms with van der Waals surface area (Å²) in [6.45, 7) is 10.1. The molecule has 2 saturated carbocycles. The molecule has 3 heteroatoms. The molecule has 2 aliphatic carbocycles. The summed E-state index contributed by atoms with van der Waals surface area (Å²) in [5.74, 6) is 0.711. The average Bonchev–Trinajstić information content (AvgIpc) is 3.05. The van der Waals surface area contributed by atoms with Crippen LogP contribution in [0.2, 0.25) is 0 Å². The van der Waals surface area contributed by atoms with Gasteiger partial charge in [0.15, 0.2) is 0 Å². The molecule has 1 saturated heterocycles. The second-order valence-electron chi connectivity index (χ2n) is 9.61. The van der Waals surface area contributed by atoms with Gasteiger partial charge in [-0.2, -0.15) is 0 Å². The van der Waals surface area contributed by atoms with Crippen LogP contribution in [-0.2, 0) is 9.47 Å². The molecule has 4 rings (SSSR count). The minimum absolute atomic E-state index is 0.0474. The van der Waals surface area contributed by atoms with Crippen LogP contribution in [0.5, 0.6) is 0 Å². The summed E-state index contributed by atoms with van der Waals surface area (Å²) in [6, 6.07) is 0. The molecule has 6 atom stereocenters. The van der Waals surface area contributed by atoms with Gasteiger partial charge in [0.2, 0.25) is 0 Å². The van der Waals surface area contributed by atoms with Crippen LogP contribution in [0.4, 0.5) is 0 Å². The second kappa shape index (κ2) is 4.76. The van der Waals surface area contributed by atoms with E-state index in [9.17, 15) is 5.11 Å². The molecule has 2 heterocycles. The largest absolute Gasteiger partial charge is 0.498 e. The Bertz CT molecular complexity index is 527. The summed E-state index contributed by atoms with van der Waals surface area (Å²) in [5, 5.41) is 11.0. The summed E-state index contributed by atoms with van der Waals surface area (Å²) in [4.78, 5) is 0. The first-order valence-electron chi connectivity index (χ1n) is 9.42. The van der Waals surface area contributed by atoms with E-state index in [-0.39, 0.29) is 28.1 Å². The van der Waals surface area contributed by atoms with Crippen molar-refractivity contribution in [3.05, 3.63) is 12.3 Å². The molecule has 0 aromatic carbocycles. The Morgan fingerprint density at radius 2 is 1.87 bits per heavy atom. The fraction of sp³-hybridized carbons (Fsp3) is 0.900. The summed E-state index contributed by atoms with van der Waals surface area (Å²) < 4.78 is 12.5. The number of rotatable bonds is 0. The highest BCUT2D eigenvalue weighted by Crippen LogP contribution is 2.67. The Hall–Kier alpha value is -0.540. The van der Waals surface area contributed by atoms with E-state index in [0.29, 0.717) is 18.4 Å². The van der Waals surface area contributed by atoms with Crippen molar-refractivity contribution in [1.29, 1.82) is 0 Å². The van der Waals surface area contributed by atoms with Crippen LogP contribution < -0.4 is 0 Å². The molecular weight excluding hydrogens is 288 g/mol. The summed E-state index contributed by atoms with van der Waals surface area (Å²) in [7, 11) is 0. The molecule has 0 bridgehead atoms. The Balaban J connectivity index is 1.78. The molecule has 0 amide bonds. The van der Waals surface area contributed by atoms with E-state index in [1.54, 1.807) is 0 Å². The van der Waals surface area contributed by atoms with Crippen molar-refractivity contribution < 1.29 is 14.6 Å². The Labute approximate surface area is 140 Å². The second-order valence-corrected chi connectivity index (χ2v) is 9.61. The molecule has 130 valence electrons. The van der Waals surface area contributed by atoms with Crippen LogP contribution in [0, 0.1) is 22.7 Å². The van der Waals surface area contributed by atoms with Gasteiger partial charge in [-0.05, 0) is 55.4 Å². The van der Waals surface area contributed by atoms with Gasteiger partial charge in [0.05, 0.1) is 18.0 Å². The number of aliphatic hydroxyl groups excluding tert-OH is 1. The molecule has 2 spiro atoms. The normalized spacial score (nSPS) is 54.4. The van der Waals surface area contributed by atoms with Crippen molar-refractivity contribution >= 4 is 0 Å². The van der Waals surface area contributed by atoms with Gasteiger partial charge in [0.1, 0.15) is 12.2 Å². The first kappa shape index (κ1) is 16.0. The van der Waals surface area contributed by atoms with E-state index in [2.05, 4.69) is 33.8 Å². The number of aliphatic hydroxyl groups is 1. The van der Waals surface area contributed by atoms with Crippen LogP contribution in [0.25, 0.3) is 0 Å². The molecule has 2 aliphatic heterocycles. The van der Waals surface area contributed by atoms with Crippen LogP contribution in [-0.4, -0.2) is 29.0 Å². The highest BCUT2D eigenvalue weighted by atomic mass is 16.6. The zero-order valence-corrected chi connectivity index (χ0v) is 15.1. The fourth-order valence-corrected chi connectivity index (χ4v) is 7.00. The van der Waals surface area contributed by atoms with Gasteiger partial charge in [-0.15, -0.1) is 0 Å². The molecule has 1 N–H and O–H groups in total. The third-order valence-corrected chi connectivity index (χ3v) is 7.89. The van der Waals surface area contributed by atoms with Gasteiger partial charge >= 0.3 is 0 Å². The predicted molar refractivity (Wildman–Crippen MR) is 89.9 cm³/mol. The maximum atomic E-state index is 11.0. The number of fused-ring (bicyclic) bond motifs is 2. The third-order valence-electron chi connectivity index (χ3n) is 7.89. The molecule has 4 aliphatic rings. The molecule has 3 nitrogen and oxygen atoms in total. The lowest BCUT2D eigenvalue weighted by Gasteiger charge is -2.65. The van der Waals surface area contributed by atoms with Gasteiger partial charge in [0.25, 0.3) is 0 Å². The third kappa shape index (κ3) is 1.96. The SMILES string of the molecule is C[C@@H]1C[C@@H](O)[C@H]2C(C)(C)CCC[C@]2(C)[C@@]12CC[C@]1(C=COC1)O2. The fourth-order valence-electron chi connectivity index (χ4n) is 7.00. The number of hydrogen-bond acceptors (Lipinski definition) is 3. The van der Waals surface area contributed by atoms with Crippen LogP contribution in [0.3, 0.4) is 0 Å². The lowest BCUT2D eigenvalue weighted by Crippen LogP contribution is -2.66. The minimum Gasteiger partial charge on any atom is -0.498 e. The summed E-state index contributed by atoms with van der Waals surface area (Å²) in [5.41, 5.74) is -0.106. The first-order chi connectivity index (χ1) is 10.7. The van der Waals surface area contributed by atoms with E-state index in [4.69, 9.17) is 9.47 Å². The Morgan fingerprint density at radius 1 is 1.09 bits per heavy atom.